The lowest BCUT2D eigenvalue weighted by Gasteiger charge is -2.20. The maximum atomic E-state index is 12.8. The Morgan fingerprint density at radius 3 is 2.90 bits per heavy atom. The average Bonchev–Trinajstić information content (AvgIpc) is 3.49. The lowest BCUT2D eigenvalue weighted by Crippen LogP contribution is -2.42. The van der Waals surface area contributed by atoms with Crippen molar-refractivity contribution < 1.29 is 4.79 Å². The van der Waals surface area contributed by atoms with E-state index in [4.69, 9.17) is 0 Å². The van der Waals surface area contributed by atoms with E-state index in [0.717, 1.165) is 49.6 Å². The van der Waals surface area contributed by atoms with Crippen LogP contribution >= 0.6 is 0 Å². The molecule has 1 aliphatic carbocycles. The third-order valence-electron chi connectivity index (χ3n) is 6.42. The molecule has 1 aromatic carbocycles. The Bertz CT molecular complexity index is 1000. The molecule has 7 nitrogen and oxygen atoms in total. The SMILES string of the molecule is Cc1nc([C@@H]2CN(Cc3ccc4[nH]ccc4c3)C[C@H]2NC(=O)C2CCCC2)n[nH]1. The zero-order chi connectivity index (χ0) is 19.8. The number of aryl methyl sites for hydroxylation is 1. The monoisotopic (exact) mass is 392 g/mol. The molecule has 1 aliphatic heterocycles. The van der Waals surface area contributed by atoms with Gasteiger partial charge in [0.2, 0.25) is 5.91 Å². The highest BCUT2D eigenvalue weighted by Gasteiger charge is 2.38. The van der Waals surface area contributed by atoms with Gasteiger partial charge >= 0.3 is 0 Å². The molecule has 0 radical (unpaired) electrons. The van der Waals surface area contributed by atoms with Gasteiger partial charge in [0.15, 0.2) is 5.82 Å². The molecule has 2 atom stereocenters. The molecular weight excluding hydrogens is 364 g/mol. The predicted octanol–water partition coefficient (Wildman–Crippen LogP) is 2.87. The summed E-state index contributed by atoms with van der Waals surface area (Å²) in [6.07, 6.45) is 6.34. The maximum Gasteiger partial charge on any atom is 0.223 e. The Morgan fingerprint density at radius 1 is 1.24 bits per heavy atom. The van der Waals surface area contributed by atoms with Crippen LogP contribution in [0.4, 0.5) is 0 Å². The van der Waals surface area contributed by atoms with Crippen LogP contribution < -0.4 is 5.32 Å². The second kappa shape index (κ2) is 7.63. The Hall–Kier alpha value is -2.67. The average molecular weight is 393 g/mol. The topological polar surface area (TPSA) is 89.7 Å². The van der Waals surface area contributed by atoms with Crippen molar-refractivity contribution in [3.8, 4) is 0 Å². The normalized spacial score (nSPS) is 23.2. The number of amides is 1. The number of carbonyl (C=O) groups is 1. The molecule has 0 unspecified atom stereocenters. The number of nitrogens with one attached hydrogen (secondary N) is 3. The zero-order valence-corrected chi connectivity index (χ0v) is 16.8. The fourth-order valence-electron chi connectivity index (χ4n) is 4.90. The molecule has 29 heavy (non-hydrogen) atoms. The van der Waals surface area contributed by atoms with Crippen LogP contribution in [0.3, 0.4) is 0 Å². The van der Waals surface area contributed by atoms with E-state index >= 15 is 0 Å². The van der Waals surface area contributed by atoms with Gasteiger partial charge < -0.3 is 10.3 Å². The van der Waals surface area contributed by atoms with E-state index < -0.39 is 0 Å². The van der Waals surface area contributed by atoms with Crippen molar-refractivity contribution >= 4 is 16.8 Å². The minimum atomic E-state index is 0.0503. The minimum absolute atomic E-state index is 0.0503. The van der Waals surface area contributed by atoms with Crippen LogP contribution in [-0.4, -0.2) is 50.1 Å². The molecule has 3 heterocycles. The molecule has 0 spiro atoms. The first kappa shape index (κ1) is 18.4. The van der Waals surface area contributed by atoms with Crippen molar-refractivity contribution in [1.29, 1.82) is 0 Å². The maximum absolute atomic E-state index is 12.8. The van der Waals surface area contributed by atoms with Gasteiger partial charge in [-0.2, -0.15) is 5.10 Å². The number of hydrogen-bond donors (Lipinski definition) is 3. The van der Waals surface area contributed by atoms with Crippen molar-refractivity contribution in [1.82, 2.24) is 30.4 Å². The molecule has 2 fully saturated rings. The van der Waals surface area contributed by atoms with Crippen molar-refractivity contribution in [3.63, 3.8) is 0 Å². The summed E-state index contributed by atoms with van der Waals surface area (Å²) in [5, 5.41) is 11.9. The summed E-state index contributed by atoms with van der Waals surface area (Å²) in [5.41, 5.74) is 2.44. The largest absolute Gasteiger partial charge is 0.361 e. The fourth-order valence-corrected chi connectivity index (χ4v) is 4.90. The molecule has 0 bridgehead atoms. The highest BCUT2D eigenvalue weighted by Crippen LogP contribution is 2.29. The van der Waals surface area contributed by atoms with Gasteiger partial charge in [0, 0.05) is 37.3 Å². The second-order valence-corrected chi connectivity index (χ2v) is 8.58. The summed E-state index contributed by atoms with van der Waals surface area (Å²) in [7, 11) is 0. The van der Waals surface area contributed by atoms with Crippen LogP contribution in [0.15, 0.2) is 30.5 Å². The predicted molar refractivity (Wildman–Crippen MR) is 111 cm³/mol. The van der Waals surface area contributed by atoms with Crippen LogP contribution in [0, 0.1) is 12.8 Å². The Morgan fingerprint density at radius 2 is 2.10 bits per heavy atom. The summed E-state index contributed by atoms with van der Waals surface area (Å²) >= 11 is 0. The van der Waals surface area contributed by atoms with Gasteiger partial charge in [0.05, 0.1) is 12.0 Å². The van der Waals surface area contributed by atoms with Gasteiger partial charge in [0.1, 0.15) is 5.82 Å². The van der Waals surface area contributed by atoms with E-state index in [9.17, 15) is 4.79 Å². The molecule has 3 aromatic rings. The molecule has 2 aliphatic rings. The van der Waals surface area contributed by atoms with Gasteiger partial charge in [-0.05, 0) is 48.9 Å². The number of aromatic nitrogens is 4. The van der Waals surface area contributed by atoms with E-state index in [1.807, 2.05) is 13.1 Å². The number of rotatable bonds is 5. The number of likely N-dealkylation sites (tertiary alicyclic amines) is 1. The van der Waals surface area contributed by atoms with Gasteiger partial charge in [-0.15, -0.1) is 0 Å². The van der Waals surface area contributed by atoms with Crippen LogP contribution in [0.25, 0.3) is 10.9 Å². The summed E-state index contributed by atoms with van der Waals surface area (Å²) in [6, 6.07) is 8.70. The van der Waals surface area contributed by atoms with Crippen molar-refractivity contribution in [2.75, 3.05) is 13.1 Å². The van der Waals surface area contributed by atoms with E-state index in [2.05, 4.69) is 54.6 Å². The molecule has 2 aromatic heterocycles. The molecule has 1 amide bonds. The smallest absolute Gasteiger partial charge is 0.223 e. The summed E-state index contributed by atoms with van der Waals surface area (Å²) < 4.78 is 0. The van der Waals surface area contributed by atoms with E-state index in [0.29, 0.717) is 0 Å². The van der Waals surface area contributed by atoms with Gasteiger partial charge in [0.25, 0.3) is 0 Å². The Balaban J connectivity index is 1.33. The lowest BCUT2D eigenvalue weighted by molar-refractivity contribution is -0.125. The number of H-pyrrole nitrogens is 2. The molecule has 152 valence electrons. The number of benzene rings is 1. The Kier molecular flexibility index (Phi) is 4.83. The summed E-state index contributed by atoms with van der Waals surface area (Å²) in [5.74, 6) is 2.12. The quantitative estimate of drug-likeness (QED) is 0.623. The molecule has 1 saturated carbocycles. The number of aromatic amines is 2. The number of nitrogens with zero attached hydrogens (tertiary/aromatic N) is 3. The molecular formula is C22H28N6O. The van der Waals surface area contributed by atoms with E-state index in [1.54, 1.807) is 0 Å². The van der Waals surface area contributed by atoms with Crippen LogP contribution in [0.1, 0.15) is 48.8 Å². The van der Waals surface area contributed by atoms with Gasteiger partial charge in [-0.25, -0.2) is 4.98 Å². The third-order valence-corrected chi connectivity index (χ3v) is 6.42. The van der Waals surface area contributed by atoms with Crippen LogP contribution in [0.5, 0.6) is 0 Å². The van der Waals surface area contributed by atoms with E-state index in [1.165, 1.54) is 23.8 Å². The van der Waals surface area contributed by atoms with Crippen molar-refractivity contribution in [2.24, 2.45) is 5.92 Å². The number of fused-ring (bicyclic) bond motifs is 1. The van der Waals surface area contributed by atoms with Gasteiger partial charge in [-0.1, -0.05) is 18.9 Å². The minimum Gasteiger partial charge on any atom is -0.361 e. The summed E-state index contributed by atoms with van der Waals surface area (Å²) in [6.45, 7) is 4.44. The molecule has 3 N–H and O–H groups in total. The molecule has 5 rings (SSSR count). The molecule has 1 saturated heterocycles. The second-order valence-electron chi connectivity index (χ2n) is 8.58. The van der Waals surface area contributed by atoms with Gasteiger partial charge in [-0.3, -0.25) is 14.8 Å². The standard InChI is InChI=1S/C22H28N6O/c1-14-24-21(27-26-14)18-12-28(11-15-6-7-19-17(10-15)8-9-23-19)13-20(18)25-22(29)16-4-2-3-5-16/h6-10,16,18,20,23H,2-5,11-13H2,1H3,(H,25,29)(H,24,26,27)/t18-,20-/m1/s1. The fraction of sp³-hybridized carbons (Fsp3) is 0.500. The van der Waals surface area contributed by atoms with Crippen molar-refractivity contribution in [2.45, 2.75) is 51.1 Å². The van der Waals surface area contributed by atoms with Crippen LogP contribution in [-0.2, 0) is 11.3 Å². The Labute approximate surface area is 170 Å². The molecule has 7 heteroatoms. The zero-order valence-electron chi connectivity index (χ0n) is 16.8. The summed E-state index contributed by atoms with van der Waals surface area (Å²) in [4.78, 5) is 23.0. The first-order valence-corrected chi connectivity index (χ1v) is 10.6. The van der Waals surface area contributed by atoms with E-state index in [-0.39, 0.29) is 23.8 Å². The first-order valence-electron chi connectivity index (χ1n) is 10.6. The lowest BCUT2D eigenvalue weighted by atomic mass is 10.0. The first-order chi connectivity index (χ1) is 14.2. The number of hydrogen-bond acceptors (Lipinski definition) is 4. The number of carbonyl (C=O) groups excluding carboxylic acids is 1. The third kappa shape index (κ3) is 3.79. The van der Waals surface area contributed by atoms with Crippen molar-refractivity contribution in [3.05, 3.63) is 47.7 Å². The highest BCUT2D eigenvalue weighted by atomic mass is 16.2. The van der Waals surface area contributed by atoms with Crippen LogP contribution in [0.2, 0.25) is 0 Å². The highest BCUT2D eigenvalue weighted by molar-refractivity contribution is 5.80.